The number of halogens is 2. The van der Waals surface area contributed by atoms with Crippen LogP contribution < -0.4 is 0 Å². The number of urea groups is 1. The van der Waals surface area contributed by atoms with Crippen molar-refractivity contribution in [1.82, 2.24) is 14.7 Å². The molecule has 3 heterocycles. The summed E-state index contributed by atoms with van der Waals surface area (Å²) in [6.07, 6.45) is 4.48. The molecule has 0 spiro atoms. The Labute approximate surface area is 186 Å². The maximum atomic E-state index is 14.6. The summed E-state index contributed by atoms with van der Waals surface area (Å²) in [5, 5.41) is 0.304. The molecule has 2 unspecified atom stereocenters. The molecule has 0 bridgehead atoms. The van der Waals surface area contributed by atoms with Gasteiger partial charge in [-0.1, -0.05) is 31.0 Å². The lowest BCUT2D eigenvalue weighted by Gasteiger charge is -2.34. The van der Waals surface area contributed by atoms with E-state index in [1.165, 1.54) is 24.4 Å². The number of hydrogen-bond acceptors (Lipinski definition) is 4. The number of nitrogens with zero attached hydrogens (tertiary/aromatic N) is 5. The quantitative estimate of drug-likeness (QED) is 0.651. The number of imide groups is 1. The minimum atomic E-state index is -0.775. The van der Waals surface area contributed by atoms with Gasteiger partial charge in [-0.05, 0) is 42.9 Å². The first-order valence-electron chi connectivity index (χ1n) is 10.8. The molecular weight excluding hydrogens is 421 g/mol. The molecule has 0 N–H and O–H groups in total. The smallest absolute Gasteiger partial charge is 0.289 e. The Kier molecular flexibility index (Phi) is 6.12. The van der Waals surface area contributed by atoms with Gasteiger partial charge >= 0.3 is 11.9 Å². The number of aliphatic imine (C=N–C) groups is 1. The Morgan fingerprint density at radius 2 is 2.00 bits per heavy atom. The number of amidine groups is 2. The van der Waals surface area contributed by atoms with Crippen LogP contribution in [0.3, 0.4) is 0 Å². The fourth-order valence-electron chi connectivity index (χ4n) is 4.72. The first-order chi connectivity index (χ1) is 14.8. The lowest BCUT2D eigenvalue weighted by Crippen LogP contribution is -2.61. The van der Waals surface area contributed by atoms with E-state index < -0.39 is 17.9 Å². The molecule has 0 saturated carbocycles. The molecule has 31 heavy (non-hydrogen) atoms. The molecule has 4 rings (SSSR count). The predicted molar refractivity (Wildman–Crippen MR) is 117 cm³/mol. The van der Waals surface area contributed by atoms with E-state index in [1.54, 1.807) is 19.2 Å². The molecule has 9 heteroatoms. The van der Waals surface area contributed by atoms with Crippen LogP contribution in [0.15, 0.2) is 23.2 Å². The molecule has 3 aliphatic rings. The lowest BCUT2D eigenvalue weighted by atomic mass is 10.00. The Hall–Kier alpha value is -2.32. The van der Waals surface area contributed by atoms with Crippen molar-refractivity contribution in [3.63, 3.8) is 0 Å². The molecule has 0 aromatic heterocycles. The standard InChI is InChI=1S/C22H28ClFN5O2/c1-4-14-8-5-6-11-28(14)13-18-25-20-19(21(30)27(3)22(31)26(20)2)29(18)12-15-16(23)9-7-10-17(15)24/h7,9-10,14,19H,4-6,8,11-13H2,1-3H3/q+1. The normalized spacial score (nSPS) is 24.7. The molecule has 0 radical (unpaired) electrons. The van der Waals surface area contributed by atoms with Crippen molar-refractivity contribution < 1.29 is 18.6 Å². The number of rotatable bonds is 5. The van der Waals surface area contributed by atoms with E-state index in [2.05, 4.69) is 11.8 Å². The number of piperidine rings is 1. The van der Waals surface area contributed by atoms with Crippen molar-refractivity contribution in [1.29, 1.82) is 0 Å². The van der Waals surface area contributed by atoms with Gasteiger partial charge in [-0.2, -0.15) is 0 Å². The molecular formula is C22H28ClFN5O2+. The van der Waals surface area contributed by atoms with Crippen LogP contribution in [-0.4, -0.2) is 82.2 Å². The zero-order chi connectivity index (χ0) is 22.3. The minimum Gasteiger partial charge on any atom is -0.289 e. The number of likely N-dealkylation sites (N-methyl/N-ethyl adjacent to an activating group) is 2. The zero-order valence-electron chi connectivity index (χ0n) is 18.1. The van der Waals surface area contributed by atoms with Gasteiger partial charge < -0.3 is 0 Å². The molecule has 3 amide bonds. The molecule has 1 aromatic rings. The highest BCUT2D eigenvalue weighted by molar-refractivity contribution is 6.31. The minimum absolute atomic E-state index is 0.102. The molecule has 166 valence electrons. The van der Waals surface area contributed by atoms with Crippen LogP contribution >= 0.6 is 11.6 Å². The van der Waals surface area contributed by atoms with Crippen molar-refractivity contribution in [2.24, 2.45) is 4.99 Å². The summed E-state index contributed by atoms with van der Waals surface area (Å²) < 4.78 is 16.4. The van der Waals surface area contributed by atoms with Gasteiger partial charge in [-0.15, -0.1) is 0 Å². The van der Waals surface area contributed by atoms with E-state index in [-0.39, 0.29) is 12.5 Å². The van der Waals surface area contributed by atoms with E-state index >= 15 is 0 Å². The first kappa shape index (κ1) is 21.9. The SMILES string of the molecule is CCC1CCCCN1CC1=[N+](Cc2c(F)cccc2Cl)C2C(=O)N(C)C(=O)N(C)C2=N1. The fourth-order valence-corrected chi connectivity index (χ4v) is 4.95. The largest absolute Gasteiger partial charge is 0.333 e. The van der Waals surface area contributed by atoms with Gasteiger partial charge in [-0.25, -0.2) is 13.8 Å². The van der Waals surface area contributed by atoms with E-state index in [9.17, 15) is 14.0 Å². The third-order valence-electron chi connectivity index (χ3n) is 6.57. The summed E-state index contributed by atoms with van der Waals surface area (Å²) in [6, 6.07) is 3.81. The van der Waals surface area contributed by atoms with E-state index in [0.29, 0.717) is 34.8 Å². The van der Waals surface area contributed by atoms with Gasteiger partial charge in [0.25, 0.3) is 17.8 Å². The fraction of sp³-hybridized carbons (Fsp3) is 0.545. The van der Waals surface area contributed by atoms with Crippen LogP contribution in [0, 0.1) is 5.82 Å². The maximum absolute atomic E-state index is 14.6. The third kappa shape index (κ3) is 3.87. The molecule has 0 aliphatic carbocycles. The number of likely N-dealkylation sites (tertiary alicyclic amines) is 1. The first-order valence-corrected chi connectivity index (χ1v) is 11.1. The van der Waals surface area contributed by atoms with Crippen molar-refractivity contribution in [2.45, 2.75) is 51.2 Å². The van der Waals surface area contributed by atoms with Crippen molar-refractivity contribution >= 4 is 35.2 Å². The van der Waals surface area contributed by atoms with Crippen LogP contribution in [0.2, 0.25) is 5.02 Å². The summed E-state index contributed by atoms with van der Waals surface area (Å²) in [5.41, 5.74) is 0.318. The second-order valence-electron chi connectivity index (χ2n) is 8.38. The summed E-state index contributed by atoms with van der Waals surface area (Å²) >= 11 is 6.30. The number of benzene rings is 1. The van der Waals surface area contributed by atoms with Crippen LogP contribution in [0.4, 0.5) is 9.18 Å². The number of hydrogen-bond donors (Lipinski definition) is 0. The monoisotopic (exact) mass is 448 g/mol. The molecule has 3 aliphatic heterocycles. The summed E-state index contributed by atoms with van der Waals surface area (Å²) in [7, 11) is 3.08. The average molecular weight is 449 g/mol. The van der Waals surface area contributed by atoms with Crippen LogP contribution in [-0.2, 0) is 11.3 Å². The zero-order valence-corrected chi connectivity index (χ0v) is 18.9. The van der Waals surface area contributed by atoms with Gasteiger partial charge in [0.2, 0.25) is 0 Å². The van der Waals surface area contributed by atoms with Gasteiger partial charge in [0.05, 0.1) is 5.02 Å². The molecule has 2 fully saturated rings. The van der Waals surface area contributed by atoms with Crippen molar-refractivity contribution in [3.8, 4) is 0 Å². The van der Waals surface area contributed by atoms with Crippen LogP contribution in [0.25, 0.3) is 0 Å². The number of fused-ring (bicyclic) bond motifs is 1. The number of amides is 3. The predicted octanol–water partition coefficient (Wildman–Crippen LogP) is 2.96. The Balaban J connectivity index is 1.76. The van der Waals surface area contributed by atoms with Gasteiger partial charge in [0.15, 0.2) is 0 Å². The van der Waals surface area contributed by atoms with Crippen molar-refractivity contribution in [2.75, 3.05) is 27.2 Å². The molecule has 2 saturated heterocycles. The maximum Gasteiger partial charge on any atom is 0.333 e. The van der Waals surface area contributed by atoms with E-state index in [0.717, 1.165) is 30.7 Å². The Morgan fingerprint density at radius 1 is 1.23 bits per heavy atom. The molecule has 7 nitrogen and oxygen atoms in total. The average Bonchev–Trinajstić information content (AvgIpc) is 3.12. The molecule has 2 atom stereocenters. The van der Waals surface area contributed by atoms with Crippen LogP contribution in [0.1, 0.15) is 38.2 Å². The Bertz CT molecular complexity index is 958. The number of carbonyl (C=O) groups is 2. The highest BCUT2D eigenvalue weighted by atomic mass is 35.5. The van der Waals surface area contributed by atoms with Gasteiger partial charge in [0, 0.05) is 25.7 Å². The van der Waals surface area contributed by atoms with Gasteiger partial charge in [-0.3, -0.25) is 19.5 Å². The molecule has 1 aromatic carbocycles. The summed E-state index contributed by atoms with van der Waals surface area (Å²) in [5.74, 6) is 0.268. The highest BCUT2D eigenvalue weighted by Gasteiger charge is 2.53. The summed E-state index contributed by atoms with van der Waals surface area (Å²) in [6.45, 7) is 3.78. The van der Waals surface area contributed by atoms with Gasteiger partial charge in [0.1, 0.15) is 18.9 Å². The van der Waals surface area contributed by atoms with Crippen LogP contribution in [0.5, 0.6) is 0 Å². The highest BCUT2D eigenvalue weighted by Crippen LogP contribution is 2.26. The third-order valence-corrected chi connectivity index (χ3v) is 6.92. The topological polar surface area (TPSA) is 59.2 Å². The second-order valence-corrected chi connectivity index (χ2v) is 8.79. The Morgan fingerprint density at radius 3 is 2.71 bits per heavy atom. The summed E-state index contributed by atoms with van der Waals surface area (Å²) in [4.78, 5) is 35.2. The van der Waals surface area contributed by atoms with E-state index in [1.807, 2.05) is 4.58 Å². The number of carbonyl (C=O) groups excluding carboxylic acids is 2. The second kappa shape index (κ2) is 8.67. The van der Waals surface area contributed by atoms with E-state index in [4.69, 9.17) is 16.6 Å². The lowest BCUT2D eigenvalue weighted by molar-refractivity contribution is -0.552. The van der Waals surface area contributed by atoms with Crippen molar-refractivity contribution in [3.05, 3.63) is 34.6 Å².